The Kier molecular flexibility index (Phi) is 3.23. The van der Waals surface area contributed by atoms with Gasteiger partial charge in [-0.05, 0) is 31.9 Å². The molecular weight excluding hydrogens is 234 g/mol. The average Bonchev–Trinajstić information content (AvgIpc) is 3.12. The van der Waals surface area contributed by atoms with Crippen molar-refractivity contribution in [3.05, 3.63) is 29.3 Å². The van der Waals surface area contributed by atoms with Crippen LogP contribution in [-0.4, -0.2) is 39.6 Å². The Balaban J connectivity index is 2.27. The third kappa shape index (κ3) is 2.61. The first-order chi connectivity index (χ1) is 8.49. The van der Waals surface area contributed by atoms with Gasteiger partial charge in [0, 0.05) is 6.04 Å². The first kappa shape index (κ1) is 12.4. The van der Waals surface area contributed by atoms with E-state index in [2.05, 4.69) is 0 Å². The van der Waals surface area contributed by atoms with E-state index in [1.807, 2.05) is 6.92 Å². The number of carbonyl (C=O) groups excluding carboxylic acids is 1. The number of carbonyl (C=O) groups is 2. The zero-order chi connectivity index (χ0) is 13.3. The molecule has 1 aliphatic carbocycles. The number of hydrogen-bond donors (Lipinski definition) is 2. The smallest absolute Gasteiger partial charge is 0.323 e. The van der Waals surface area contributed by atoms with Crippen molar-refractivity contribution in [1.29, 1.82) is 0 Å². The van der Waals surface area contributed by atoms with Crippen molar-refractivity contribution in [2.24, 2.45) is 0 Å². The molecule has 1 fully saturated rings. The Hall–Kier alpha value is -2.04. The molecule has 2 N–H and O–H groups in total. The second-order valence-corrected chi connectivity index (χ2v) is 4.58. The van der Waals surface area contributed by atoms with Gasteiger partial charge in [0.2, 0.25) is 0 Å². The molecule has 1 amide bonds. The SMILES string of the molecule is Cc1ccc(O)c(C(=O)N(CC(=O)O)C2CC2)c1. The summed E-state index contributed by atoms with van der Waals surface area (Å²) >= 11 is 0. The number of aliphatic carboxylic acids is 1. The number of phenolic OH excluding ortho intramolecular Hbond substituents is 1. The Morgan fingerprint density at radius 1 is 1.39 bits per heavy atom. The summed E-state index contributed by atoms with van der Waals surface area (Å²) in [6.45, 7) is 1.49. The van der Waals surface area contributed by atoms with Gasteiger partial charge in [-0.2, -0.15) is 0 Å². The third-order valence-electron chi connectivity index (χ3n) is 2.94. The summed E-state index contributed by atoms with van der Waals surface area (Å²) in [7, 11) is 0. The molecule has 5 heteroatoms. The van der Waals surface area contributed by atoms with Crippen molar-refractivity contribution in [2.45, 2.75) is 25.8 Å². The quantitative estimate of drug-likeness (QED) is 0.845. The molecule has 0 bridgehead atoms. The Morgan fingerprint density at radius 3 is 2.61 bits per heavy atom. The van der Waals surface area contributed by atoms with E-state index in [1.54, 1.807) is 12.1 Å². The van der Waals surface area contributed by atoms with E-state index in [9.17, 15) is 14.7 Å². The van der Waals surface area contributed by atoms with Crippen LogP contribution < -0.4 is 0 Å². The maximum atomic E-state index is 12.2. The predicted molar refractivity (Wildman–Crippen MR) is 64.5 cm³/mol. The lowest BCUT2D eigenvalue weighted by molar-refractivity contribution is -0.137. The maximum Gasteiger partial charge on any atom is 0.323 e. The summed E-state index contributed by atoms with van der Waals surface area (Å²) in [6, 6.07) is 4.72. The molecule has 0 heterocycles. The second kappa shape index (κ2) is 4.68. The first-order valence-corrected chi connectivity index (χ1v) is 5.81. The summed E-state index contributed by atoms with van der Waals surface area (Å²) in [5.41, 5.74) is 1.02. The van der Waals surface area contributed by atoms with E-state index < -0.39 is 11.9 Å². The van der Waals surface area contributed by atoms with E-state index in [0.29, 0.717) is 0 Å². The minimum Gasteiger partial charge on any atom is -0.507 e. The number of amides is 1. The number of carboxylic acids is 1. The fraction of sp³-hybridized carbons (Fsp3) is 0.385. The van der Waals surface area contributed by atoms with Crippen molar-refractivity contribution in [3.63, 3.8) is 0 Å². The molecule has 2 rings (SSSR count). The van der Waals surface area contributed by atoms with Gasteiger partial charge >= 0.3 is 5.97 Å². The summed E-state index contributed by atoms with van der Waals surface area (Å²) in [5, 5.41) is 18.5. The summed E-state index contributed by atoms with van der Waals surface area (Å²) in [4.78, 5) is 24.3. The topological polar surface area (TPSA) is 77.8 Å². The van der Waals surface area contributed by atoms with Crippen LogP contribution in [0.15, 0.2) is 18.2 Å². The third-order valence-corrected chi connectivity index (χ3v) is 2.94. The zero-order valence-corrected chi connectivity index (χ0v) is 10.1. The number of carboxylic acid groups (broad SMARTS) is 1. The van der Waals surface area contributed by atoms with Gasteiger partial charge in [-0.1, -0.05) is 11.6 Å². The number of aromatic hydroxyl groups is 1. The van der Waals surface area contributed by atoms with Gasteiger partial charge < -0.3 is 15.1 Å². The average molecular weight is 249 g/mol. The predicted octanol–water partition coefficient (Wildman–Crippen LogP) is 1.39. The van der Waals surface area contributed by atoms with E-state index in [1.165, 1.54) is 11.0 Å². The van der Waals surface area contributed by atoms with Crippen molar-refractivity contribution in [3.8, 4) is 5.75 Å². The Labute approximate surface area is 105 Å². The van der Waals surface area contributed by atoms with Crippen molar-refractivity contribution < 1.29 is 19.8 Å². The van der Waals surface area contributed by atoms with Crippen LogP contribution in [0.5, 0.6) is 5.75 Å². The number of hydrogen-bond acceptors (Lipinski definition) is 3. The molecule has 5 nitrogen and oxygen atoms in total. The van der Waals surface area contributed by atoms with E-state index in [0.717, 1.165) is 18.4 Å². The molecule has 96 valence electrons. The molecule has 0 saturated heterocycles. The van der Waals surface area contributed by atoms with Crippen LogP contribution >= 0.6 is 0 Å². The molecule has 1 aromatic carbocycles. The number of phenols is 1. The highest BCUT2D eigenvalue weighted by atomic mass is 16.4. The Bertz CT molecular complexity index is 494. The van der Waals surface area contributed by atoms with Crippen LogP contribution in [0.2, 0.25) is 0 Å². The number of nitrogens with zero attached hydrogens (tertiary/aromatic N) is 1. The van der Waals surface area contributed by atoms with Gasteiger partial charge in [0.1, 0.15) is 12.3 Å². The summed E-state index contributed by atoms with van der Waals surface area (Å²) in [6.07, 6.45) is 1.65. The molecule has 1 aromatic rings. The highest BCUT2D eigenvalue weighted by Gasteiger charge is 2.35. The van der Waals surface area contributed by atoms with E-state index in [-0.39, 0.29) is 23.9 Å². The molecular formula is C13H15NO4. The van der Waals surface area contributed by atoms with Crippen LogP contribution in [0.4, 0.5) is 0 Å². The molecule has 1 saturated carbocycles. The molecule has 0 spiro atoms. The van der Waals surface area contributed by atoms with Gasteiger partial charge in [0.15, 0.2) is 0 Å². The molecule has 18 heavy (non-hydrogen) atoms. The van der Waals surface area contributed by atoms with E-state index >= 15 is 0 Å². The minimum atomic E-state index is -1.04. The number of aryl methyl sites for hydroxylation is 1. The minimum absolute atomic E-state index is 0.00601. The zero-order valence-electron chi connectivity index (χ0n) is 10.1. The lowest BCUT2D eigenvalue weighted by Gasteiger charge is -2.20. The fourth-order valence-corrected chi connectivity index (χ4v) is 1.87. The molecule has 0 atom stereocenters. The van der Waals surface area contributed by atoms with Crippen molar-refractivity contribution in [2.75, 3.05) is 6.54 Å². The highest BCUT2D eigenvalue weighted by Crippen LogP contribution is 2.30. The van der Waals surface area contributed by atoms with Crippen molar-refractivity contribution >= 4 is 11.9 Å². The normalized spacial score (nSPS) is 14.3. The van der Waals surface area contributed by atoms with Gasteiger partial charge in [-0.15, -0.1) is 0 Å². The molecule has 0 radical (unpaired) electrons. The maximum absolute atomic E-state index is 12.2. The van der Waals surface area contributed by atoms with Crippen LogP contribution in [-0.2, 0) is 4.79 Å². The van der Waals surface area contributed by atoms with Crippen LogP contribution in [0, 0.1) is 6.92 Å². The largest absolute Gasteiger partial charge is 0.507 e. The number of rotatable bonds is 4. The van der Waals surface area contributed by atoms with Crippen LogP contribution in [0.1, 0.15) is 28.8 Å². The molecule has 0 aromatic heterocycles. The first-order valence-electron chi connectivity index (χ1n) is 5.81. The van der Waals surface area contributed by atoms with Gasteiger partial charge in [0.25, 0.3) is 5.91 Å². The highest BCUT2D eigenvalue weighted by molar-refractivity contribution is 5.98. The summed E-state index contributed by atoms with van der Waals surface area (Å²) in [5.74, 6) is -1.56. The van der Waals surface area contributed by atoms with Gasteiger partial charge in [-0.3, -0.25) is 9.59 Å². The fourth-order valence-electron chi connectivity index (χ4n) is 1.87. The van der Waals surface area contributed by atoms with Gasteiger partial charge in [-0.25, -0.2) is 0 Å². The Morgan fingerprint density at radius 2 is 2.06 bits per heavy atom. The van der Waals surface area contributed by atoms with Crippen LogP contribution in [0.3, 0.4) is 0 Å². The number of benzene rings is 1. The molecule has 0 aliphatic heterocycles. The van der Waals surface area contributed by atoms with Crippen LogP contribution in [0.25, 0.3) is 0 Å². The summed E-state index contributed by atoms with van der Waals surface area (Å²) < 4.78 is 0. The van der Waals surface area contributed by atoms with Gasteiger partial charge in [0.05, 0.1) is 5.56 Å². The van der Waals surface area contributed by atoms with Crippen molar-refractivity contribution in [1.82, 2.24) is 4.90 Å². The molecule has 1 aliphatic rings. The second-order valence-electron chi connectivity index (χ2n) is 4.58. The lowest BCUT2D eigenvalue weighted by atomic mass is 10.1. The lowest BCUT2D eigenvalue weighted by Crippen LogP contribution is -2.37. The monoisotopic (exact) mass is 249 g/mol. The van der Waals surface area contributed by atoms with E-state index in [4.69, 9.17) is 5.11 Å². The molecule has 0 unspecified atom stereocenters. The standard InChI is InChI=1S/C13H15NO4/c1-8-2-5-11(15)10(6-8)13(18)14(7-12(16)17)9-3-4-9/h2,5-6,9,15H,3-4,7H2,1H3,(H,16,17).